The summed E-state index contributed by atoms with van der Waals surface area (Å²) < 4.78 is 50.2. The van der Waals surface area contributed by atoms with Crippen LogP contribution < -0.4 is 4.74 Å². The highest BCUT2D eigenvalue weighted by Gasteiger charge is 2.29. The summed E-state index contributed by atoms with van der Waals surface area (Å²) in [5.74, 6) is 0.182. The first kappa shape index (κ1) is 32.1. The highest BCUT2D eigenvalue weighted by molar-refractivity contribution is 5.74. The number of halogens is 3. The van der Waals surface area contributed by atoms with Crippen molar-refractivity contribution in [2.75, 3.05) is 0 Å². The third-order valence-electron chi connectivity index (χ3n) is 9.86. The monoisotopic (exact) mass is 600 g/mol. The minimum absolute atomic E-state index is 0.144. The van der Waals surface area contributed by atoms with Crippen LogP contribution in [-0.2, 0) is 0 Å². The van der Waals surface area contributed by atoms with E-state index in [-0.39, 0.29) is 17.1 Å². The van der Waals surface area contributed by atoms with Crippen molar-refractivity contribution in [3.8, 4) is 28.0 Å². The zero-order chi connectivity index (χ0) is 30.9. The summed E-state index contributed by atoms with van der Waals surface area (Å²) in [5, 5.41) is 0. The third-order valence-corrected chi connectivity index (χ3v) is 9.86. The largest absolute Gasteiger partial charge is 0.462 e. The Balaban J connectivity index is 1.20. The lowest BCUT2D eigenvalue weighted by molar-refractivity contribution is 0.187. The average molecular weight is 601 g/mol. The van der Waals surface area contributed by atoms with E-state index in [9.17, 15) is 8.78 Å². The Hall–Kier alpha value is -3.27. The molecular weight excluding hydrogens is 553 g/mol. The molecule has 234 valence electrons. The lowest BCUT2D eigenvalue weighted by Crippen LogP contribution is -2.23. The maximum absolute atomic E-state index is 15.4. The van der Waals surface area contributed by atoms with Crippen molar-refractivity contribution in [3.63, 3.8) is 0 Å². The van der Waals surface area contributed by atoms with Gasteiger partial charge in [-0.25, -0.2) is 8.78 Å². The minimum atomic E-state index is -1.01. The van der Waals surface area contributed by atoms with Gasteiger partial charge in [0, 0.05) is 11.1 Å². The number of allylic oxidation sites excluding steroid dienone is 3. The van der Waals surface area contributed by atoms with Gasteiger partial charge in [0.1, 0.15) is 5.82 Å². The lowest BCUT2D eigenvalue weighted by Gasteiger charge is -2.35. The van der Waals surface area contributed by atoms with Crippen LogP contribution in [-0.4, -0.2) is 0 Å². The molecule has 1 nitrogen and oxygen atoms in total. The van der Waals surface area contributed by atoms with Crippen molar-refractivity contribution in [3.05, 3.63) is 96.0 Å². The molecule has 1 saturated carbocycles. The molecule has 0 amide bonds. The van der Waals surface area contributed by atoms with Crippen molar-refractivity contribution < 1.29 is 17.9 Å². The molecule has 0 spiro atoms. The Morgan fingerprint density at radius 2 is 1.45 bits per heavy atom. The molecule has 2 aliphatic rings. The van der Waals surface area contributed by atoms with Crippen LogP contribution in [0.2, 0.25) is 0 Å². The molecule has 0 heterocycles. The minimum Gasteiger partial charge on any atom is -0.462 e. The van der Waals surface area contributed by atoms with Gasteiger partial charge >= 0.3 is 0 Å². The SMILES string of the molecule is CCC/C=C\Oc1ccc(-c2ccc(-c3ccc(C4=CCC(C5CCC(CCCCC)CC5)CC4)c(F)c3)cc2)c(F)c1F. The molecule has 0 aliphatic heterocycles. The molecule has 1 atom stereocenters. The second-order valence-electron chi connectivity index (χ2n) is 12.8. The van der Waals surface area contributed by atoms with Gasteiger partial charge in [-0.1, -0.05) is 101 Å². The van der Waals surface area contributed by atoms with E-state index in [4.69, 9.17) is 4.74 Å². The van der Waals surface area contributed by atoms with Crippen molar-refractivity contribution in [2.24, 2.45) is 17.8 Å². The highest BCUT2D eigenvalue weighted by Crippen LogP contribution is 2.43. The number of hydrogen-bond acceptors (Lipinski definition) is 1. The molecule has 3 aromatic carbocycles. The van der Waals surface area contributed by atoms with Gasteiger partial charge < -0.3 is 4.74 Å². The fraction of sp³-hybridized carbons (Fsp3) is 0.450. The topological polar surface area (TPSA) is 9.23 Å². The second-order valence-corrected chi connectivity index (χ2v) is 12.8. The number of unbranched alkanes of at least 4 members (excludes halogenated alkanes) is 3. The highest BCUT2D eigenvalue weighted by atomic mass is 19.2. The van der Waals surface area contributed by atoms with Crippen LogP contribution in [0.3, 0.4) is 0 Å². The summed E-state index contributed by atoms with van der Waals surface area (Å²) in [7, 11) is 0. The average Bonchev–Trinajstić information content (AvgIpc) is 3.06. The van der Waals surface area contributed by atoms with Gasteiger partial charge in [0.05, 0.1) is 6.26 Å². The molecule has 1 unspecified atom stereocenters. The van der Waals surface area contributed by atoms with Crippen molar-refractivity contribution in [1.82, 2.24) is 0 Å². The molecular formula is C40H47F3O. The number of ether oxygens (including phenoxy) is 1. The van der Waals surface area contributed by atoms with E-state index in [1.54, 1.807) is 24.3 Å². The molecule has 44 heavy (non-hydrogen) atoms. The normalized spacial score (nSPS) is 20.6. The van der Waals surface area contributed by atoms with Crippen molar-refractivity contribution >= 4 is 5.57 Å². The first-order valence-electron chi connectivity index (χ1n) is 16.9. The van der Waals surface area contributed by atoms with E-state index < -0.39 is 11.6 Å². The van der Waals surface area contributed by atoms with Crippen LogP contribution in [0.1, 0.15) is 103 Å². The third kappa shape index (κ3) is 7.86. The number of rotatable bonds is 12. The molecule has 0 saturated heterocycles. The Labute approximate surface area is 262 Å². The quantitative estimate of drug-likeness (QED) is 0.148. The van der Waals surface area contributed by atoms with E-state index >= 15 is 4.39 Å². The first-order valence-corrected chi connectivity index (χ1v) is 16.9. The molecule has 0 radical (unpaired) electrons. The van der Waals surface area contributed by atoms with Crippen LogP contribution in [0.5, 0.6) is 5.75 Å². The van der Waals surface area contributed by atoms with Crippen molar-refractivity contribution in [2.45, 2.75) is 97.3 Å². The van der Waals surface area contributed by atoms with E-state index in [0.717, 1.165) is 66.6 Å². The Bertz CT molecular complexity index is 1430. The maximum atomic E-state index is 15.4. The molecule has 0 N–H and O–H groups in total. The fourth-order valence-corrected chi connectivity index (χ4v) is 7.16. The predicted molar refractivity (Wildman–Crippen MR) is 177 cm³/mol. The van der Waals surface area contributed by atoms with Crippen LogP contribution >= 0.6 is 0 Å². The van der Waals surface area contributed by atoms with Crippen LogP contribution in [0.4, 0.5) is 13.2 Å². The Morgan fingerprint density at radius 3 is 2.14 bits per heavy atom. The molecule has 2 aliphatic carbocycles. The zero-order valence-electron chi connectivity index (χ0n) is 26.4. The molecule has 3 aromatic rings. The fourth-order valence-electron chi connectivity index (χ4n) is 7.16. The molecule has 5 rings (SSSR count). The van der Waals surface area contributed by atoms with Gasteiger partial charge in [0.15, 0.2) is 11.6 Å². The van der Waals surface area contributed by atoms with E-state index in [1.165, 1.54) is 69.8 Å². The van der Waals surface area contributed by atoms with Gasteiger partial charge in [-0.05, 0) is 103 Å². The van der Waals surface area contributed by atoms with Gasteiger partial charge in [-0.2, -0.15) is 4.39 Å². The molecule has 0 bridgehead atoms. The van der Waals surface area contributed by atoms with E-state index in [0.29, 0.717) is 11.1 Å². The molecule has 0 aromatic heterocycles. The second kappa shape index (κ2) is 15.6. The predicted octanol–water partition coefficient (Wildman–Crippen LogP) is 12.7. The Morgan fingerprint density at radius 1 is 0.727 bits per heavy atom. The van der Waals surface area contributed by atoms with Gasteiger partial charge in [-0.3, -0.25) is 0 Å². The standard InChI is InChI=1S/C40H47F3O/c1-3-5-7-9-28-10-12-29(13-11-28)30-14-18-32(19-15-30)35-23-22-34(27-37(35)41)31-16-20-33(21-17-31)36-24-25-38(40(43)39(36)42)44-26-8-6-4-2/h8,16-18,20-30H,3-7,9-15,19H2,1-2H3/b26-8-. The van der Waals surface area contributed by atoms with E-state index in [2.05, 4.69) is 13.0 Å². The molecule has 4 heteroatoms. The van der Waals surface area contributed by atoms with Gasteiger partial charge in [0.2, 0.25) is 5.82 Å². The number of benzene rings is 3. The number of hydrogen-bond donors (Lipinski definition) is 0. The lowest BCUT2D eigenvalue weighted by atomic mass is 9.70. The van der Waals surface area contributed by atoms with Crippen LogP contribution in [0.15, 0.2) is 73.0 Å². The summed E-state index contributed by atoms with van der Waals surface area (Å²) in [6.07, 6.45) is 21.3. The summed E-state index contributed by atoms with van der Waals surface area (Å²) in [6.45, 7) is 4.31. The summed E-state index contributed by atoms with van der Waals surface area (Å²) in [4.78, 5) is 0. The van der Waals surface area contributed by atoms with Gasteiger partial charge in [0.25, 0.3) is 0 Å². The van der Waals surface area contributed by atoms with Crippen molar-refractivity contribution in [1.29, 1.82) is 0 Å². The summed E-state index contributed by atoms with van der Waals surface area (Å²) in [5.41, 5.74) is 4.11. The van der Waals surface area contributed by atoms with Crippen LogP contribution in [0, 0.1) is 35.2 Å². The first-order chi connectivity index (χ1) is 21.5. The molecule has 1 fully saturated rings. The zero-order valence-corrected chi connectivity index (χ0v) is 26.4. The van der Waals surface area contributed by atoms with Gasteiger partial charge in [-0.15, -0.1) is 0 Å². The maximum Gasteiger partial charge on any atom is 0.201 e. The Kier molecular flexibility index (Phi) is 11.4. The van der Waals surface area contributed by atoms with Crippen LogP contribution in [0.25, 0.3) is 27.8 Å². The van der Waals surface area contributed by atoms with E-state index in [1.807, 2.05) is 31.2 Å². The summed E-state index contributed by atoms with van der Waals surface area (Å²) in [6, 6.07) is 15.5. The summed E-state index contributed by atoms with van der Waals surface area (Å²) >= 11 is 0. The smallest absolute Gasteiger partial charge is 0.201 e.